The van der Waals surface area contributed by atoms with Crippen LogP contribution in [0.5, 0.6) is 0 Å². The van der Waals surface area contributed by atoms with Gasteiger partial charge < -0.3 is 10.4 Å². The van der Waals surface area contributed by atoms with Crippen LogP contribution in [0.3, 0.4) is 0 Å². The summed E-state index contributed by atoms with van der Waals surface area (Å²) in [5.41, 5.74) is 4.22. The van der Waals surface area contributed by atoms with Crippen molar-refractivity contribution in [3.63, 3.8) is 0 Å². The molecular formula is C16H15NO. The summed E-state index contributed by atoms with van der Waals surface area (Å²) in [7, 11) is 0. The van der Waals surface area contributed by atoms with Gasteiger partial charge in [-0.1, -0.05) is 54.6 Å². The Bertz CT molecular complexity index is 575. The Labute approximate surface area is 107 Å². The number of aliphatic hydroxyl groups excluding tert-OH is 1. The van der Waals surface area contributed by atoms with Crippen LogP contribution >= 0.6 is 0 Å². The zero-order valence-corrected chi connectivity index (χ0v) is 10.0. The summed E-state index contributed by atoms with van der Waals surface area (Å²) in [6.07, 6.45) is 1.44. The first kappa shape index (κ1) is 11.1. The van der Waals surface area contributed by atoms with Gasteiger partial charge in [0, 0.05) is 12.2 Å². The fourth-order valence-corrected chi connectivity index (χ4v) is 2.24. The molecule has 2 nitrogen and oxygen atoms in total. The summed E-state index contributed by atoms with van der Waals surface area (Å²) < 4.78 is 0. The third-order valence-electron chi connectivity index (χ3n) is 3.26. The molecule has 1 aliphatic heterocycles. The summed E-state index contributed by atoms with van der Waals surface area (Å²) in [5.74, 6) is 0. The van der Waals surface area contributed by atoms with Crippen LogP contribution in [0.1, 0.15) is 22.8 Å². The molecule has 0 amide bonds. The molecule has 0 aliphatic carbocycles. The van der Waals surface area contributed by atoms with Gasteiger partial charge in [-0.2, -0.15) is 0 Å². The van der Waals surface area contributed by atoms with Crippen LogP contribution in [0, 0.1) is 0 Å². The zero-order chi connectivity index (χ0) is 12.4. The number of rotatable bonds is 2. The largest absolute Gasteiger partial charge is 0.382 e. The van der Waals surface area contributed by atoms with Crippen molar-refractivity contribution in [3.05, 3.63) is 77.0 Å². The number of fused-ring (bicyclic) bond motifs is 1. The SMILES string of the molecule is OC(C1=Cc2ccccc2CN1)c1ccccc1. The van der Waals surface area contributed by atoms with Crippen molar-refractivity contribution in [1.82, 2.24) is 5.32 Å². The summed E-state index contributed by atoms with van der Waals surface area (Å²) >= 11 is 0. The third-order valence-corrected chi connectivity index (χ3v) is 3.26. The van der Waals surface area contributed by atoms with E-state index in [4.69, 9.17) is 0 Å². The van der Waals surface area contributed by atoms with Crippen LogP contribution in [0.25, 0.3) is 6.08 Å². The lowest BCUT2D eigenvalue weighted by molar-refractivity contribution is 0.207. The van der Waals surface area contributed by atoms with Crippen LogP contribution in [-0.2, 0) is 6.54 Å². The summed E-state index contributed by atoms with van der Waals surface area (Å²) in [4.78, 5) is 0. The Hall–Kier alpha value is -2.06. The van der Waals surface area contributed by atoms with E-state index < -0.39 is 6.10 Å². The number of nitrogens with one attached hydrogen (secondary N) is 1. The molecule has 0 fully saturated rings. The summed E-state index contributed by atoms with van der Waals surface area (Å²) in [6, 6.07) is 17.9. The van der Waals surface area contributed by atoms with Crippen molar-refractivity contribution >= 4 is 6.08 Å². The minimum Gasteiger partial charge on any atom is -0.382 e. The topological polar surface area (TPSA) is 32.3 Å². The van der Waals surface area contributed by atoms with E-state index in [0.717, 1.165) is 17.8 Å². The molecule has 2 heteroatoms. The number of hydrogen-bond acceptors (Lipinski definition) is 2. The highest BCUT2D eigenvalue weighted by Crippen LogP contribution is 2.26. The molecule has 1 aliphatic rings. The van der Waals surface area contributed by atoms with E-state index in [1.165, 1.54) is 11.1 Å². The highest BCUT2D eigenvalue weighted by atomic mass is 16.3. The maximum Gasteiger partial charge on any atom is 0.118 e. The lowest BCUT2D eigenvalue weighted by Crippen LogP contribution is -2.22. The molecule has 0 spiro atoms. The van der Waals surface area contributed by atoms with Gasteiger partial charge in [0.2, 0.25) is 0 Å². The smallest absolute Gasteiger partial charge is 0.118 e. The van der Waals surface area contributed by atoms with Crippen LogP contribution in [0.2, 0.25) is 0 Å². The monoisotopic (exact) mass is 237 g/mol. The van der Waals surface area contributed by atoms with Crippen molar-refractivity contribution in [2.24, 2.45) is 0 Å². The Balaban J connectivity index is 1.93. The van der Waals surface area contributed by atoms with E-state index in [-0.39, 0.29) is 0 Å². The van der Waals surface area contributed by atoms with Gasteiger partial charge in [-0.3, -0.25) is 0 Å². The van der Waals surface area contributed by atoms with E-state index in [1.807, 2.05) is 48.5 Å². The van der Waals surface area contributed by atoms with Gasteiger partial charge in [-0.15, -0.1) is 0 Å². The molecule has 0 aromatic heterocycles. The van der Waals surface area contributed by atoms with Gasteiger partial charge >= 0.3 is 0 Å². The summed E-state index contributed by atoms with van der Waals surface area (Å²) in [5, 5.41) is 13.6. The van der Waals surface area contributed by atoms with Gasteiger partial charge in [0.05, 0.1) is 0 Å². The zero-order valence-electron chi connectivity index (χ0n) is 10.0. The van der Waals surface area contributed by atoms with Crippen molar-refractivity contribution < 1.29 is 5.11 Å². The minimum atomic E-state index is -0.584. The lowest BCUT2D eigenvalue weighted by atomic mass is 9.98. The Morgan fingerprint density at radius 3 is 2.50 bits per heavy atom. The lowest BCUT2D eigenvalue weighted by Gasteiger charge is -2.22. The van der Waals surface area contributed by atoms with E-state index in [0.29, 0.717) is 0 Å². The van der Waals surface area contributed by atoms with Crippen molar-refractivity contribution in [2.45, 2.75) is 12.6 Å². The molecule has 90 valence electrons. The minimum absolute atomic E-state index is 0.584. The third kappa shape index (κ3) is 2.03. The number of hydrogen-bond donors (Lipinski definition) is 2. The molecule has 0 saturated heterocycles. The van der Waals surface area contributed by atoms with E-state index in [1.54, 1.807) is 0 Å². The molecule has 2 aromatic carbocycles. The average molecular weight is 237 g/mol. The first-order valence-corrected chi connectivity index (χ1v) is 6.11. The second-order valence-electron chi connectivity index (χ2n) is 4.47. The van der Waals surface area contributed by atoms with Crippen molar-refractivity contribution in [2.75, 3.05) is 0 Å². The van der Waals surface area contributed by atoms with Crippen LogP contribution in [-0.4, -0.2) is 5.11 Å². The number of benzene rings is 2. The van der Waals surface area contributed by atoms with Crippen LogP contribution in [0.15, 0.2) is 60.3 Å². The predicted octanol–water partition coefficient (Wildman–Crippen LogP) is 2.86. The van der Waals surface area contributed by atoms with E-state index in [9.17, 15) is 5.11 Å². The second-order valence-corrected chi connectivity index (χ2v) is 4.47. The molecule has 3 rings (SSSR count). The summed E-state index contributed by atoms with van der Waals surface area (Å²) in [6.45, 7) is 0.770. The number of aliphatic hydroxyl groups is 1. The molecule has 0 radical (unpaired) electrons. The second kappa shape index (κ2) is 4.67. The van der Waals surface area contributed by atoms with E-state index >= 15 is 0 Å². The van der Waals surface area contributed by atoms with Gasteiger partial charge in [0.15, 0.2) is 0 Å². The Morgan fingerprint density at radius 2 is 1.67 bits per heavy atom. The van der Waals surface area contributed by atoms with Gasteiger partial charge in [-0.25, -0.2) is 0 Å². The first-order chi connectivity index (χ1) is 8.84. The highest BCUT2D eigenvalue weighted by Gasteiger charge is 2.17. The van der Waals surface area contributed by atoms with Crippen LogP contribution < -0.4 is 5.32 Å². The predicted molar refractivity (Wildman–Crippen MR) is 72.7 cm³/mol. The van der Waals surface area contributed by atoms with Gasteiger partial charge in [0.25, 0.3) is 0 Å². The molecule has 0 saturated carbocycles. The fourth-order valence-electron chi connectivity index (χ4n) is 2.24. The molecule has 1 heterocycles. The van der Waals surface area contributed by atoms with Crippen molar-refractivity contribution in [1.29, 1.82) is 0 Å². The van der Waals surface area contributed by atoms with Gasteiger partial charge in [-0.05, 0) is 22.8 Å². The molecule has 18 heavy (non-hydrogen) atoms. The molecule has 1 unspecified atom stereocenters. The normalized spacial score (nSPS) is 15.3. The standard InChI is InChI=1S/C16H15NO/c18-16(12-6-2-1-3-7-12)15-10-13-8-4-5-9-14(13)11-17-15/h1-10,16-18H,11H2. The molecule has 0 bridgehead atoms. The van der Waals surface area contributed by atoms with Crippen molar-refractivity contribution in [3.8, 4) is 0 Å². The molecule has 2 N–H and O–H groups in total. The quantitative estimate of drug-likeness (QED) is 0.841. The molecule has 1 atom stereocenters. The van der Waals surface area contributed by atoms with E-state index in [2.05, 4.69) is 17.4 Å². The molecule has 2 aromatic rings. The maximum atomic E-state index is 10.3. The maximum absolute atomic E-state index is 10.3. The van der Waals surface area contributed by atoms with Crippen LogP contribution in [0.4, 0.5) is 0 Å². The first-order valence-electron chi connectivity index (χ1n) is 6.11. The molecular weight excluding hydrogens is 222 g/mol. The Morgan fingerprint density at radius 1 is 0.944 bits per heavy atom. The average Bonchev–Trinajstić information content (AvgIpc) is 2.47. The van der Waals surface area contributed by atoms with Gasteiger partial charge in [0.1, 0.15) is 6.10 Å². The fraction of sp³-hybridized carbons (Fsp3) is 0.125. The highest BCUT2D eigenvalue weighted by molar-refractivity contribution is 5.60. The Kier molecular flexibility index (Phi) is 2.87.